The molecule has 0 spiro atoms. The van der Waals surface area contributed by atoms with Gasteiger partial charge in [-0.15, -0.1) is 0 Å². The van der Waals surface area contributed by atoms with E-state index in [0.29, 0.717) is 17.8 Å². The SMILES string of the molecule is CCCCCCCCCCCCCCCCCCOCCOP(=O)([O-])CO[C@@H](COC)Cn1cnc2c(N)nc(N)nc21.[Na+]. The molecule has 2 rings (SSSR count). The van der Waals surface area contributed by atoms with Crippen LogP contribution in [0.2, 0.25) is 0 Å². The number of ether oxygens (including phenoxy) is 3. The van der Waals surface area contributed by atoms with E-state index < -0.39 is 20.0 Å². The van der Waals surface area contributed by atoms with Gasteiger partial charge in [-0.2, -0.15) is 9.97 Å². The number of nitrogen functional groups attached to an aromatic ring is 2. The quantitative estimate of drug-likeness (QED) is 0.0788. The molecule has 2 aromatic rings. The van der Waals surface area contributed by atoms with Crippen LogP contribution in [-0.4, -0.2) is 65.5 Å². The van der Waals surface area contributed by atoms with E-state index >= 15 is 0 Å². The minimum atomic E-state index is -4.22. The Bertz CT molecular complexity index is 1050. The van der Waals surface area contributed by atoms with Crippen molar-refractivity contribution in [1.29, 1.82) is 0 Å². The van der Waals surface area contributed by atoms with Gasteiger partial charge in [0.05, 0.1) is 38.8 Å². The maximum absolute atomic E-state index is 12.3. The number of nitrogens with zero attached hydrogens (tertiary/aromatic N) is 4. The third-order valence-corrected chi connectivity index (χ3v) is 8.43. The Morgan fingerprint density at radius 1 is 0.864 bits per heavy atom. The van der Waals surface area contributed by atoms with Gasteiger partial charge in [-0.05, 0) is 6.42 Å². The summed E-state index contributed by atoms with van der Waals surface area (Å²) in [4.78, 5) is 24.6. The minimum Gasteiger partial charge on any atom is -0.777 e. The number of aromatic nitrogens is 4. The van der Waals surface area contributed by atoms with Crippen molar-refractivity contribution in [3.05, 3.63) is 6.33 Å². The van der Waals surface area contributed by atoms with Gasteiger partial charge in [-0.1, -0.05) is 103 Å². The van der Waals surface area contributed by atoms with Crippen LogP contribution in [0.5, 0.6) is 0 Å². The molecule has 0 aliphatic heterocycles. The average Bonchev–Trinajstić information content (AvgIpc) is 3.37. The van der Waals surface area contributed by atoms with Gasteiger partial charge in [-0.25, -0.2) is 4.98 Å². The van der Waals surface area contributed by atoms with Gasteiger partial charge in [0.2, 0.25) is 5.95 Å². The second-order valence-corrected chi connectivity index (χ2v) is 13.0. The molecule has 12 nitrogen and oxygen atoms in total. The van der Waals surface area contributed by atoms with Crippen LogP contribution in [0, 0.1) is 0 Å². The van der Waals surface area contributed by atoms with Crippen LogP contribution < -0.4 is 45.9 Å². The maximum atomic E-state index is 12.3. The summed E-state index contributed by atoms with van der Waals surface area (Å²) in [7, 11) is -2.71. The second kappa shape index (κ2) is 25.3. The number of unbranched alkanes of at least 4 members (excludes halogenated alkanes) is 15. The average molecular weight is 651 g/mol. The van der Waals surface area contributed by atoms with Crippen LogP contribution in [-0.2, 0) is 29.8 Å². The smallest absolute Gasteiger partial charge is 0.777 e. The maximum Gasteiger partial charge on any atom is 1.00 e. The fourth-order valence-electron chi connectivity index (χ4n) is 5.00. The molecule has 0 saturated carbocycles. The zero-order valence-electron chi connectivity index (χ0n) is 27.6. The molecule has 4 N–H and O–H groups in total. The van der Waals surface area contributed by atoms with Gasteiger partial charge < -0.3 is 44.2 Å². The van der Waals surface area contributed by atoms with Gasteiger partial charge in [0.25, 0.3) is 0 Å². The molecule has 44 heavy (non-hydrogen) atoms. The molecular weight excluding hydrogens is 594 g/mol. The van der Waals surface area contributed by atoms with E-state index in [4.69, 9.17) is 30.2 Å². The molecule has 0 saturated heterocycles. The van der Waals surface area contributed by atoms with E-state index in [1.807, 2.05) is 0 Å². The first kappa shape index (κ1) is 41.2. The van der Waals surface area contributed by atoms with E-state index in [0.717, 1.165) is 12.8 Å². The number of fused-ring (bicyclic) bond motifs is 1. The van der Waals surface area contributed by atoms with Crippen molar-refractivity contribution in [2.45, 2.75) is 122 Å². The molecule has 14 heteroatoms. The number of hydrogen-bond acceptors (Lipinski definition) is 11. The molecule has 248 valence electrons. The van der Waals surface area contributed by atoms with Crippen molar-refractivity contribution in [2.75, 3.05) is 51.4 Å². The molecule has 0 aliphatic carbocycles. The minimum absolute atomic E-state index is 0. The number of rotatable bonds is 28. The predicted octanol–water partition coefficient (Wildman–Crippen LogP) is 2.83. The van der Waals surface area contributed by atoms with E-state index in [1.165, 1.54) is 103 Å². The Balaban J connectivity index is 0.00000968. The summed E-state index contributed by atoms with van der Waals surface area (Å²) in [6, 6.07) is 0. The largest absolute Gasteiger partial charge is 1.00 e. The third-order valence-electron chi connectivity index (χ3n) is 7.39. The van der Waals surface area contributed by atoms with Gasteiger partial charge in [0.15, 0.2) is 19.1 Å². The first-order valence-corrected chi connectivity index (χ1v) is 18.0. The van der Waals surface area contributed by atoms with Crippen molar-refractivity contribution in [3.63, 3.8) is 0 Å². The normalized spacial score (nSPS) is 13.6. The Hall–Kier alpha value is -0.820. The van der Waals surface area contributed by atoms with E-state index in [9.17, 15) is 9.46 Å². The van der Waals surface area contributed by atoms with Crippen molar-refractivity contribution in [2.24, 2.45) is 0 Å². The van der Waals surface area contributed by atoms with Gasteiger partial charge in [0.1, 0.15) is 11.9 Å². The molecule has 0 amide bonds. The van der Waals surface area contributed by atoms with E-state index in [1.54, 1.807) is 4.57 Å². The molecular formula is C30H56N6NaO6P. The molecule has 2 aromatic heterocycles. The summed E-state index contributed by atoms with van der Waals surface area (Å²) in [6.07, 6.45) is 21.5. The standard InChI is InChI=1S/C30H57N6O6P.Na/c1-3-4-5-6-7-8-9-10-11-12-13-14-15-16-17-18-19-40-20-21-42-43(37,38)25-41-26(23-39-2)22-36-24-33-27-28(31)34-30(32)35-29(27)36;/h24,26H,3-23,25H2,1-2H3,(H,37,38)(H4,31,32,34,35);/q;+1/p-1/t26-;/m1./s1. The number of hydrogen-bond donors (Lipinski definition) is 2. The zero-order valence-corrected chi connectivity index (χ0v) is 30.4. The van der Waals surface area contributed by atoms with Crippen LogP contribution >= 0.6 is 7.60 Å². The summed E-state index contributed by atoms with van der Waals surface area (Å²) in [6.45, 7) is 3.43. The van der Waals surface area contributed by atoms with Gasteiger partial charge >= 0.3 is 29.6 Å². The Morgan fingerprint density at radius 3 is 2.00 bits per heavy atom. The first-order chi connectivity index (χ1) is 20.9. The Kier molecular flexibility index (Phi) is 23.7. The van der Waals surface area contributed by atoms with Crippen LogP contribution in [0.1, 0.15) is 110 Å². The van der Waals surface area contributed by atoms with Crippen LogP contribution in [0.3, 0.4) is 0 Å². The number of anilines is 2. The molecule has 0 bridgehead atoms. The summed E-state index contributed by atoms with van der Waals surface area (Å²) in [5.74, 6) is 0.186. The molecule has 0 aliphatic rings. The molecule has 2 atom stereocenters. The van der Waals surface area contributed by atoms with Crippen molar-refractivity contribution >= 4 is 30.5 Å². The van der Waals surface area contributed by atoms with Gasteiger partial charge in [-0.3, -0.25) is 0 Å². The van der Waals surface area contributed by atoms with Crippen molar-refractivity contribution < 1.29 is 57.8 Å². The Morgan fingerprint density at radius 2 is 1.43 bits per heavy atom. The summed E-state index contributed by atoms with van der Waals surface area (Å²) >= 11 is 0. The number of imidazole rings is 1. The first-order valence-electron chi connectivity index (χ1n) is 16.2. The topological polar surface area (TPSA) is 173 Å². The summed E-state index contributed by atoms with van der Waals surface area (Å²) in [5.41, 5.74) is 12.4. The van der Waals surface area contributed by atoms with E-state index in [-0.39, 0.29) is 67.7 Å². The second-order valence-electron chi connectivity index (χ2n) is 11.3. The van der Waals surface area contributed by atoms with Crippen molar-refractivity contribution in [1.82, 2.24) is 19.5 Å². The zero-order chi connectivity index (χ0) is 31.2. The molecule has 1 unspecified atom stereocenters. The van der Waals surface area contributed by atoms with Crippen LogP contribution in [0.25, 0.3) is 11.2 Å². The molecule has 2 heterocycles. The van der Waals surface area contributed by atoms with Crippen LogP contribution in [0.15, 0.2) is 6.33 Å². The molecule has 0 aromatic carbocycles. The van der Waals surface area contributed by atoms with Gasteiger partial charge in [0, 0.05) is 13.7 Å². The predicted molar refractivity (Wildman–Crippen MR) is 170 cm³/mol. The fourth-order valence-corrected chi connectivity index (χ4v) is 5.82. The molecule has 0 fully saturated rings. The molecule has 0 radical (unpaired) electrons. The van der Waals surface area contributed by atoms with Crippen LogP contribution in [0.4, 0.5) is 11.8 Å². The third kappa shape index (κ3) is 18.4. The summed E-state index contributed by atoms with van der Waals surface area (Å²) < 4.78 is 35.4. The fraction of sp³-hybridized carbons (Fsp3) is 0.833. The monoisotopic (exact) mass is 650 g/mol. The summed E-state index contributed by atoms with van der Waals surface area (Å²) in [5, 5.41) is 0. The Labute approximate surface area is 286 Å². The van der Waals surface area contributed by atoms with E-state index in [2.05, 4.69) is 21.9 Å². The number of nitrogens with two attached hydrogens (primary N) is 2. The number of methoxy groups -OCH3 is 1. The van der Waals surface area contributed by atoms with Crippen molar-refractivity contribution in [3.8, 4) is 0 Å².